The van der Waals surface area contributed by atoms with Crippen LogP contribution in [0.4, 0.5) is 5.82 Å². The zero-order valence-electron chi connectivity index (χ0n) is 17.2. The number of thiol groups is 1. The van der Waals surface area contributed by atoms with Gasteiger partial charge in [0.1, 0.15) is 5.76 Å². The van der Waals surface area contributed by atoms with Gasteiger partial charge in [-0.05, 0) is 31.0 Å². The second kappa shape index (κ2) is 7.77. The fraction of sp³-hybridized carbons (Fsp3) is 0.261. The van der Waals surface area contributed by atoms with E-state index in [1.54, 1.807) is 13.1 Å². The number of carbonyl (C=O) groups excluding carboxylic acids is 1. The van der Waals surface area contributed by atoms with Gasteiger partial charge in [-0.25, -0.2) is 4.98 Å². The summed E-state index contributed by atoms with van der Waals surface area (Å²) in [4.78, 5) is 18.7. The van der Waals surface area contributed by atoms with Crippen LogP contribution in [-0.2, 0) is 4.79 Å². The van der Waals surface area contributed by atoms with Gasteiger partial charge in [0.05, 0.1) is 12.2 Å². The summed E-state index contributed by atoms with van der Waals surface area (Å²) in [5, 5.41) is 5.51. The molecule has 1 fully saturated rings. The molecule has 0 radical (unpaired) electrons. The van der Waals surface area contributed by atoms with Crippen molar-refractivity contribution in [3.63, 3.8) is 0 Å². The number of piperidine rings is 1. The van der Waals surface area contributed by atoms with Crippen LogP contribution in [0.1, 0.15) is 25.8 Å². The Labute approximate surface area is 185 Å². The molecule has 1 saturated heterocycles. The van der Waals surface area contributed by atoms with Crippen LogP contribution in [0, 0.1) is 0 Å². The molecule has 0 unspecified atom stereocenters. The minimum atomic E-state index is 0.133. The largest absolute Gasteiger partial charge is 0.452 e. The second-order valence-electron chi connectivity index (χ2n) is 7.91. The fourth-order valence-electron chi connectivity index (χ4n) is 4.20. The molecule has 3 aromatic heterocycles. The van der Waals surface area contributed by atoms with E-state index in [2.05, 4.69) is 22.7 Å². The molecule has 4 aromatic rings. The third kappa shape index (κ3) is 3.67. The van der Waals surface area contributed by atoms with Crippen LogP contribution >= 0.6 is 12.6 Å². The van der Waals surface area contributed by atoms with Crippen molar-refractivity contribution in [3.8, 4) is 22.5 Å². The highest BCUT2D eigenvalue weighted by molar-refractivity contribution is 7.80. The zero-order valence-corrected chi connectivity index (χ0v) is 18.0. The predicted molar refractivity (Wildman–Crippen MR) is 123 cm³/mol. The number of hydrogen-bond acceptors (Lipinski definition) is 6. The first-order valence-electron chi connectivity index (χ1n) is 10.3. The Hall–Kier alpha value is -3.26. The molecule has 158 valence electrons. The molecule has 5 rings (SSSR count). The number of pyridine rings is 1. The fourth-order valence-corrected chi connectivity index (χ4v) is 4.42. The number of anilines is 1. The summed E-state index contributed by atoms with van der Waals surface area (Å²) < 4.78 is 8.07. The Balaban J connectivity index is 1.48. The lowest BCUT2D eigenvalue weighted by atomic mass is 10.0. The molecule has 0 aliphatic carbocycles. The van der Waals surface area contributed by atoms with Gasteiger partial charge in [0.25, 0.3) is 0 Å². The number of carbonyl (C=O) groups is 1. The lowest BCUT2D eigenvalue weighted by Crippen LogP contribution is -2.37. The van der Waals surface area contributed by atoms with Gasteiger partial charge in [-0.15, -0.1) is 12.6 Å². The molecule has 1 amide bonds. The molecule has 0 bridgehead atoms. The Kier molecular flexibility index (Phi) is 4.94. The van der Waals surface area contributed by atoms with Gasteiger partial charge >= 0.3 is 0 Å². The van der Waals surface area contributed by atoms with Crippen LogP contribution in [0.2, 0.25) is 0 Å². The van der Waals surface area contributed by atoms with Crippen LogP contribution in [0.25, 0.3) is 33.4 Å². The summed E-state index contributed by atoms with van der Waals surface area (Å²) in [6.07, 6.45) is 7.45. The summed E-state index contributed by atoms with van der Waals surface area (Å²) in [5.41, 5.74) is 9.50. The van der Waals surface area contributed by atoms with E-state index in [0.29, 0.717) is 11.4 Å². The number of likely N-dealkylation sites (tertiary alicyclic amines) is 1. The molecule has 8 heteroatoms. The first kappa shape index (κ1) is 19.7. The van der Waals surface area contributed by atoms with Crippen molar-refractivity contribution >= 4 is 35.3 Å². The van der Waals surface area contributed by atoms with Gasteiger partial charge in [0, 0.05) is 59.4 Å². The summed E-state index contributed by atoms with van der Waals surface area (Å²) in [7, 11) is 0. The SMILES string of the molecule is CC(=O)N1CCC(n2cc(-c3cnc(N)c4oc(-c5cccc(S)c5)cc34)cn2)CC1. The molecule has 31 heavy (non-hydrogen) atoms. The van der Waals surface area contributed by atoms with E-state index in [1.807, 2.05) is 52.3 Å². The highest BCUT2D eigenvalue weighted by Gasteiger charge is 2.23. The Morgan fingerprint density at radius 1 is 1.19 bits per heavy atom. The topological polar surface area (TPSA) is 90.2 Å². The van der Waals surface area contributed by atoms with E-state index in [9.17, 15) is 4.79 Å². The molecule has 2 N–H and O–H groups in total. The highest BCUT2D eigenvalue weighted by Crippen LogP contribution is 2.37. The standard InChI is InChI=1S/C23H23N5O2S/c1-14(29)27-7-5-17(6-8-27)28-13-16(11-26-28)20-12-25-23(24)22-19(20)10-21(30-22)15-3-2-4-18(31)9-15/h2-4,9-13,17,31H,5-8H2,1H3,(H2,24,25). The molecule has 1 aliphatic heterocycles. The van der Waals surface area contributed by atoms with Crippen molar-refractivity contribution in [2.75, 3.05) is 18.8 Å². The van der Waals surface area contributed by atoms with E-state index in [4.69, 9.17) is 10.2 Å². The predicted octanol–water partition coefficient (Wildman–Crippen LogP) is 4.41. The number of fused-ring (bicyclic) bond motifs is 1. The lowest BCUT2D eigenvalue weighted by Gasteiger charge is -2.31. The number of rotatable bonds is 3. The van der Waals surface area contributed by atoms with E-state index < -0.39 is 0 Å². The highest BCUT2D eigenvalue weighted by atomic mass is 32.1. The van der Waals surface area contributed by atoms with Gasteiger partial charge in [-0.2, -0.15) is 5.10 Å². The summed E-state index contributed by atoms with van der Waals surface area (Å²) in [6.45, 7) is 3.15. The van der Waals surface area contributed by atoms with Gasteiger partial charge in [0.15, 0.2) is 11.4 Å². The third-order valence-electron chi connectivity index (χ3n) is 5.91. The lowest BCUT2D eigenvalue weighted by molar-refractivity contribution is -0.130. The molecular formula is C23H23N5O2S. The van der Waals surface area contributed by atoms with Crippen LogP contribution in [0.15, 0.2) is 58.2 Å². The van der Waals surface area contributed by atoms with Crippen molar-refractivity contribution in [1.29, 1.82) is 0 Å². The van der Waals surface area contributed by atoms with Crippen LogP contribution in [-0.4, -0.2) is 38.7 Å². The second-order valence-corrected chi connectivity index (χ2v) is 8.42. The molecular weight excluding hydrogens is 410 g/mol. The van der Waals surface area contributed by atoms with Crippen molar-refractivity contribution in [1.82, 2.24) is 19.7 Å². The molecule has 0 spiro atoms. The minimum Gasteiger partial charge on any atom is -0.452 e. The average molecular weight is 434 g/mol. The Morgan fingerprint density at radius 3 is 2.74 bits per heavy atom. The van der Waals surface area contributed by atoms with E-state index >= 15 is 0 Å². The van der Waals surface area contributed by atoms with Gasteiger partial charge in [0.2, 0.25) is 5.91 Å². The van der Waals surface area contributed by atoms with Crippen molar-refractivity contribution < 1.29 is 9.21 Å². The maximum absolute atomic E-state index is 11.6. The number of amides is 1. The van der Waals surface area contributed by atoms with Crippen molar-refractivity contribution in [2.45, 2.75) is 30.7 Å². The summed E-state index contributed by atoms with van der Waals surface area (Å²) >= 11 is 4.42. The monoisotopic (exact) mass is 433 g/mol. The number of nitrogens with zero attached hydrogens (tertiary/aromatic N) is 4. The van der Waals surface area contributed by atoms with Crippen molar-refractivity contribution in [3.05, 3.63) is 48.9 Å². The third-order valence-corrected chi connectivity index (χ3v) is 6.19. The molecule has 1 aromatic carbocycles. The molecule has 0 saturated carbocycles. The Bertz CT molecular complexity index is 1270. The zero-order chi connectivity index (χ0) is 21.5. The van der Waals surface area contributed by atoms with Crippen LogP contribution in [0.5, 0.6) is 0 Å². The van der Waals surface area contributed by atoms with Crippen molar-refractivity contribution in [2.24, 2.45) is 0 Å². The number of nitrogen functional groups attached to an aromatic ring is 1. The number of benzene rings is 1. The molecule has 1 aliphatic rings. The first-order valence-corrected chi connectivity index (χ1v) is 10.7. The molecule has 4 heterocycles. The number of hydrogen-bond donors (Lipinski definition) is 2. The van der Waals surface area contributed by atoms with E-state index in [0.717, 1.165) is 58.7 Å². The molecule has 7 nitrogen and oxygen atoms in total. The van der Waals surface area contributed by atoms with E-state index in [1.165, 1.54) is 0 Å². The van der Waals surface area contributed by atoms with Gasteiger partial charge < -0.3 is 15.1 Å². The normalized spacial score (nSPS) is 15.0. The quantitative estimate of drug-likeness (QED) is 0.467. The average Bonchev–Trinajstić information content (AvgIpc) is 3.43. The number of nitrogens with two attached hydrogens (primary N) is 1. The molecule has 0 atom stereocenters. The maximum Gasteiger partial charge on any atom is 0.219 e. The summed E-state index contributed by atoms with van der Waals surface area (Å²) in [6, 6.07) is 10.1. The number of aromatic nitrogens is 3. The smallest absolute Gasteiger partial charge is 0.219 e. The minimum absolute atomic E-state index is 0.133. The van der Waals surface area contributed by atoms with Crippen LogP contribution in [0.3, 0.4) is 0 Å². The first-order chi connectivity index (χ1) is 15.0. The Morgan fingerprint density at radius 2 is 2.00 bits per heavy atom. The van der Waals surface area contributed by atoms with Gasteiger partial charge in [-0.3, -0.25) is 9.48 Å². The van der Waals surface area contributed by atoms with Gasteiger partial charge in [-0.1, -0.05) is 12.1 Å². The van der Waals surface area contributed by atoms with Crippen LogP contribution < -0.4 is 5.73 Å². The maximum atomic E-state index is 11.6. The van der Waals surface area contributed by atoms with E-state index in [-0.39, 0.29) is 11.9 Å². The summed E-state index contributed by atoms with van der Waals surface area (Å²) in [5.74, 6) is 1.21. The number of furan rings is 1.